The molecule has 1 N–H and O–H groups in total. The maximum atomic E-state index is 13.2. The molecule has 1 atom stereocenters. The zero-order valence-corrected chi connectivity index (χ0v) is 16.7. The highest BCUT2D eigenvalue weighted by molar-refractivity contribution is 7.10. The fourth-order valence-electron chi connectivity index (χ4n) is 3.06. The third-order valence-corrected chi connectivity index (χ3v) is 5.47. The van der Waals surface area contributed by atoms with Crippen molar-refractivity contribution < 1.29 is 18.7 Å². The number of halogens is 1. The minimum Gasteiger partial charge on any atom is -0.452 e. The van der Waals surface area contributed by atoms with Crippen molar-refractivity contribution in [1.29, 1.82) is 0 Å². The van der Waals surface area contributed by atoms with Gasteiger partial charge in [0.15, 0.2) is 6.61 Å². The lowest BCUT2D eigenvalue weighted by molar-refractivity contribution is -0.124. The number of rotatable bonds is 6. The number of esters is 1. The molecule has 28 heavy (non-hydrogen) atoms. The van der Waals surface area contributed by atoms with Crippen molar-refractivity contribution >= 4 is 23.2 Å². The molecular weight excluding hydrogens is 379 g/mol. The molecule has 0 unspecified atom stereocenters. The van der Waals surface area contributed by atoms with Gasteiger partial charge in [-0.05, 0) is 62.5 Å². The molecule has 0 aliphatic heterocycles. The van der Waals surface area contributed by atoms with E-state index in [-0.39, 0.29) is 24.4 Å². The van der Waals surface area contributed by atoms with Gasteiger partial charge in [0.1, 0.15) is 5.82 Å². The third kappa shape index (κ3) is 4.31. The second kappa shape index (κ2) is 8.39. The lowest BCUT2D eigenvalue weighted by Crippen LogP contribution is -2.30. The molecule has 0 saturated carbocycles. The van der Waals surface area contributed by atoms with Crippen LogP contribution in [0.5, 0.6) is 0 Å². The molecule has 3 aromatic rings. The SMILES string of the molecule is Cc1cc(C(=O)OCC(=O)N[C@@H](C)c2cccs2)c(C)n1-c1ccc(F)cc1. The van der Waals surface area contributed by atoms with Gasteiger partial charge >= 0.3 is 5.97 Å². The molecule has 0 aliphatic rings. The third-order valence-electron chi connectivity index (χ3n) is 4.42. The van der Waals surface area contributed by atoms with Crippen LogP contribution in [0.15, 0.2) is 47.8 Å². The van der Waals surface area contributed by atoms with Crippen molar-refractivity contribution in [3.8, 4) is 5.69 Å². The first kappa shape index (κ1) is 19.8. The van der Waals surface area contributed by atoms with E-state index in [0.29, 0.717) is 11.3 Å². The zero-order valence-electron chi connectivity index (χ0n) is 15.9. The first-order valence-electron chi connectivity index (χ1n) is 8.81. The first-order chi connectivity index (χ1) is 13.4. The van der Waals surface area contributed by atoms with Crippen LogP contribution in [0.3, 0.4) is 0 Å². The number of ether oxygens (including phenoxy) is 1. The van der Waals surface area contributed by atoms with Gasteiger partial charge in [0, 0.05) is 22.0 Å². The highest BCUT2D eigenvalue weighted by Crippen LogP contribution is 2.22. The Balaban J connectivity index is 1.65. The Bertz CT molecular complexity index is 978. The number of nitrogens with one attached hydrogen (secondary N) is 1. The number of carbonyl (C=O) groups is 2. The summed E-state index contributed by atoms with van der Waals surface area (Å²) in [5, 5.41) is 4.74. The molecular formula is C21H21FN2O3S. The molecule has 3 rings (SSSR count). The van der Waals surface area contributed by atoms with Gasteiger partial charge < -0.3 is 14.6 Å². The summed E-state index contributed by atoms with van der Waals surface area (Å²) in [5.74, 6) is -1.25. The van der Waals surface area contributed by atoms with Crippen molar-refractivity contribution in [2.45, 2.75) is 26.8 Å². The van der Waals surface area contributed by atoms with Gasteiger partial charge in [-0.25, -0.2) is 9.18 Å². The van der Waals surface area contributed by atoms with Crippen molar-refractivity contribution in [2.75, 3.05) is 6.61 Å². The average molecular weight is 400 g/mol. The normalized spacial score (nSPS) is 11.9. The van der Waals surface area contributed by atoms with E-state index in [1.165, 1.54) is 12.1 Å². The summed E-state index contributed by atoms with van der Waals surface area (Å²) in [6.07, 6.45) is 0. The molecule has 2 heterocycles. The van der Waals surface area contributed by atoms with Crippen LogP contribution in [0, 0.1) is 19.7 Å². The summed E-state index contributed by atoms with van der Waals surface area (Å²) in [5.41, 5.74) is 2.60. The molecule has 0 spiro atoms. The Labute approximate surface area is 166 Å². The monoisotopic (exact) mass is 400 g/mol. The van der Waals surface area contributed by atoms with Crippen molar-refractivity contribution in [2.24, 2.45) is 0 Å². The summed E-state index contributed by atoms with van der Waals surface area (Å²) in [6.45, 7) is 5.16. The number of aryl methyl sites for hydroxylation is 1. The Hall–Kier alpha value is -2.93. The summed E-state index contributed by atoms with van der Waals surface area (Å²) in [4.78, 5) is 25.6. The highest BCUT2D eigenvalue weighted by Gasteiger charge is 2.19. The van der Waals surface area contributed by atoms with Crippen molar-refractivity contribution in [3.63, 3.8) is 0 Å². The number of aromatic nitrogens is 1. The van der Waals surface area contributed by atoms with Crippen LogP contribution < -0.4 is 5.32 Å². The number of hydrogen-bond donors (Lipinski definition) is 1. The van der Waals surface area contributed by atoms with E-state index in [9.17, 15) is 14.0 Å². The molecule has 0 aliphatic carbocycles. The molecule has 0 bridgehead atoms. The number of nitrogens with zero attached hydrogens (tertiary/aromatic N) is 1. The minimum absolute atomic E-state index is 0.144. The maximum absolute atomic E-state index is 13.2. The van der Waals surface area contributed by atoms with Gasteiger partial charge in [-0.1, -0.05) is 6.07 Å². The zero-order chi connectivity index (χ0) is 20.3. The van der Waals surface area contributed by atoms with Gasteiger partial charge in [-0.2, -0.15) is 0 Å². The minimum atomic E-state index is -0.569. The molecule has 1 aromatic carbocycles. The van der Waals surface area contributed by atoms with Crippen LogP contribution in [0.25, 0.3) is 5.69 Å². The smallest absolute Gasteiger partial charge is 0.340 e. The van der Waals surface area contributed by atoms with E-state index in [1.54, 1.807) is 36.5 Å². The second-order valence-corrected chi connectivity index (χ2v) is 7.46. The molecule has 1 amide bonds. The quantitative estimate of drug-likeness (QED) is 0.627. The van der Waals surface area contributed by atoms with Crippen LogP contribution in [-0.4, -0.2) is 23.1 Å². The van der Waals surface area contributed by atoms with E-state index < -0.39 is 5.97 Å². The first-order valence-corrected chi connectivity index (χ1v) is 9.69. The lowest BCUT2D eigenvalue weighted by atomic mass is 10.2. The number of hydrogen-bond acceptors (Lipinski definition) is 4. The molecule has 0 saturated heterocycles. The number of carbonyl (C=O) groups excluding carboxylic acids is 2. The Morgan fingerprint density at radius 3 is 2.57 bits per heavy atom. The summed E-state index contributed by atoms with van der Waals surface area (Å²) in [6, 6.07) is 11.4. The molecule has 5 nitrogen and oxygen atoms in total. The average Bonchev–Trinajstić information content (AvgIpc) is 3.29. The van der Waals surface area contributed by atoms with E-state index in [2.05, 4.69) is 5.32 Å². The van der Waals surface area contributed by atoms with Crippen LogP contribution >= 0.6 is 11.3 Å². The van der Waals surface area contributed by atoms with Gasteiger partial charge in [-0.3, -0.25) is 4.79 Å². The van der Waals surface area contributed by atoms with Crippen LogP contribution in [-0.2, 0) is 9.53 Å². The number of benzene rings is 1. The highest BCUT2D eigenvalue weighted by atomic mass is 32.1. The molecule has 146 valence electrons. The second-order valence-electron chi connectivity index (χ2n) is 6.48. The summed E-state index contributed by atoms with van der Waals surface area (Å²) < 4.78 is 20.2. The standard InChI is InChI=1S/C21H21FN2O3S/c1-13-11-18(15(3)24(13)17-8-6-16(22)7-9-17)21(26)27-12-20(25)23-14(2)19-5-4-10-28-19/h4-11,14H,12H2,1-3H3,(H,23,25)/t14-/m0/s1. The largest absolute Gasteiger partial charge is 0.452 e. The van der Waals surface area contributed by atoms with Gasteiger partial charge in [-0.15, -0.1) is 11.3 Å². The molecule has 0 radical (unpaired) electrons. The van der Waals surface area contributed by atoms with E-state index in [0.717, 1.165) is 16.3 Å². The Kier molecular flexibility index (Phi) is 5.94. The Morgan fingerprint density at radius 2 is 1.93 bits per heavy atom. The van der Waals surface area contributed by atoms with Gasteiger partial charge in [0.25, 0.3) is 5.91 Å². The Morgan fingerprint density at radius 1 is 1.21 bits per heavy atom. The number of amides is 1. The fourth-order valence-corrected chi connectivity index (χ4v) is 3.79. The molecule has 0 fully saturated rings. The lowest BCUT2D eigenvalue weighted by Gasteiger charge is -2.12. The van der Waals surface area contributed by atoms with Crippen LogP contribution in [0.4, 0.5) is 4.39 Å². The summed E-state index contributed by atoms with van der Waals surface area (Å²) in [7, 11) is 0. The predicted octanol–water partition coefficient (Wildman–Crippen LogP) is 4.33. The molecule has 2 aromatic heterocycles. The predicted molar refractivity (Wildman–Crippen MR) is 106 cm³/mol. The van der Waals surface area contributed by atoms with E-state index in [4.69, 9.17) is 4.74 Å². The van der Waals surface area contributed by atoms with Gasteiger partial charge in [0.05, 0.1) is 11.6 Å². The van der Waals surface area contributed by atoms with E-state index in [1.807, 2.05) is 35.9 Å². The van der Waals surface area contributed by atoms with Crippen molar-refractivity contribution in [3.05, 3.63) is 75.5 Å². The van der Waals surface area contributed by atoms with Crippen LogP contribution in [0.1, 0.15) is 39.6 Å². The van der Waals surface area contributed by atoms with Gasteiger partial charge in [0.2, 0.25) is 0 Å². The van der Waals surface area contributed by atoms with E-state index >= 15 is 0 Å². The molecule has 7 heteroatoms. The number of thiophene rings is 1. The van der Waals surface area contributed by atoms with Crippen LogP contribution in [0.2, 0.25) is 0 Å². The van der Waals surface area contributed by atoms with Crippen molar-refractivity contribution in [1.82, 2.24) is 9.88 Å². The summed E-state index contributed by atoms with van der Waals surface area (Å²) >= 11 is 1.55. The topological polar surface area (TPSA) is 60.3 Å². The fraction of sp³-hybridized carbons (Fsp3) is 0.238. The maximum Gasteiger partial charge on any atom is 0.340 e.